The van der Waals surface area contributed by atoms with Crippen LogP contribution in [0.2, 0.25) is 5.02 Å². The van der Waals surface area contributed by atoms with E-state index in [4.69, 9.17) is 25.5 Å². The van der Waals surface area contributed by atoms with Crippen molar-refractivity contribution in [2.24, 2.45) is 5.41 Å². The van der Waals surface area contributed by atoms with Crippen molar-refractivity contribution < 1.29 is 28.2 Å². The van der Waals surface area contributed by atoms with Crippen molar-refractivity contribution in [2.45, 2.75) is 39.0 Å². The fourth-order valence-corrected chi connectivity index (χ4v) is 5.17. The molecule has 12 heteroatoms. The first kappa shape index (κ1) is 26.8. The quantitative estimate of drug-likeness (QED) is 0.307. The number of rotatable bonds is 8. The molecule has 3 aromatic rings. The van der Waals surface area contributed by atoms with Crippen LogP contribution in [0.5, 0.6) is 0 Å². The molecule has 0 radical (unpaired) electrons. The second kappa shape index (κ2) is 10.4. The van der Waals surface area contributed by atoms with Gasteiger partial charge in [0, 0.05) is 18.4 Å². The van der Waals surface area contributed by atoms with Gasteiger partial charge in [-0.1, -0.05) is 24.6 Å². The number of hydrogen-bond donors (Lipinski definition) is 2. The SMILES string of the molecule is COC(=O)O[C@H]1CCCN1C(=O)c1cccc(Nc2c(NC(c3ccc(C)o3)C3(C)COC3)c(=O)c2=O)c1Cl. The minimum atomic E-state index is -0.883. The molecular formula is C27H28ClN3O8. The van der Waals surface area contributed by atoms with Crippen LogP contribution < -0.4 is 21.5 Å². The van der Waals surface area contributed by atoms with Gasteiger partial charge in [0.2, 0.25) is 0 Å². The Kier molecular flexibility index (Phi) is 7.13. The number of amides is 1. The van der Waals surface area contributed by atoms with Gasteiger partial charge < -0.3 is 34.2 Å². The molecule has 3 heterocycles. The minimum absolute atomic E-state index is 0.0386. The fraction of sp³-hybridized carbons (Fsp3) is 0.407. The van der Waals surface area contributed by atoms with E-state index in [9.17, 15) is 19.2 Å². The third-order valence-corrected chi connectivity index (χ3v) is 7.56. The van der Waals surface area contributed by atoms with E-state index >= 15 is 0 Å². The Labute approximate surface area is 228 Å². The topological polar surface area (TPSA) is 136 Å². The van der Waals surface area contributed by atoms with E-state index in [1.807, 2.05) is 26.0 Å². The summed E-state index contributed by atoms with van der Waals surface area (Å²) in [6.45, 7) is 5.11. The molecular weight excluding hydrogens is 530 g/mol. The molecule has 2 atom stereocenters. The summed E-state index contributed by atoms with van der Waals surface area (Å²) < 4.78 is 21.0. The van der Waals surface area contributed by atoms with E-state index in [0.29, 0.717) is 38.4 Å². The van der Waals surface area contributed by atoms with Gasteiger partial charge in [-0.05, 0) is 37.6 Å². The predicted molar refractivity (Wildman–Crippen MR) is 142 cm³/mol. The molecule has 206 valence electrons. The summed E-state index contributed by atoms with van der Waals surface area (Å²) in [6, 6.07) is 7.98. The molecule has 0 bridgehead atoms. The van der Waals surface area contributed by atoms with Crippen LogP contribution in [0.3, 0.4) is 0 Å². The van der Waals surface area contributed by atoms with Crippen LogP contribution in [0.25, 0.3) is 0 Å². The van der Waals surface area contributed by atoms with Crippen LogP contribution in [-0.2, 0) is 14.2 Å². The normalized spacial score (nSPS) is 18.9. The van der Waals surface area contributed by atoms with Gasteiger partial charge in [-0.25, -0.2) is 4.79 Å². The molecule has 2 fully saturated rings. The zero-order valence-corrected chi connectivity index (χ0v) is 22.4. The number of halogens is 1. The van der Waals surface area contributed by atoms with E-state index in [-0.39, 0.29) is 33.1 Å². The summed E-state index contributed by atoms with van der Waals surface area (Å²) in [5, 5.41) is 6.20. The summed E-state index contributed by atoms with van der Waals surface area (Å²) in [6.07, 6.45) is -0.551. The Morgan fingerprint density at radius 2 is 1.90 bits per heavy atom. The lowest BCUT2D eigenvalue weighted by Gasteiger charge is -2.44. The molecule has 0 saturated carbocycles. The van der Waals surface area contributed by atoms with Crippen molar-refractivity contribution in [3.05, 3.63) is 72.9 Å². The van der Waals surface area contributed by atoms with Crippen molar-refractivity contribution in [3.8, 4) is 0 Å². The molecule has 2 aliphatic rings. The summed E-state index contributed by atoms with van der Waals surface area (Å²) >= 11 is 6.62. The second-order valence-electron chi connectivity index (χ2n) is 10.0. The molecule has 1 unspecified atom stereocenters. The molecule has 2 aliphatic heterocycles. The first-order valence-corrected chi connectivity index (χ1v) is 12.9. The smallest absolute Gasteiger partial charge is 0.464 e. The van der Waals surface area contributed by atoms with E-state index in [0.717, 1.165) is 5.76 Å². The van der Waals surface area contributed by atoms with Crippen LogP contribution in [0.4, 0.5) is 21.9 Å². The van der Waals surface area contributed by atoms with Crippen LogP contribution >= 0.6 is 11.6 Å². The number of furan rings is 1. The third-order valence-electron chi connectivity index (χ3n) is 7.15. The van der Waals surface area contributed by atoms with Gasteiger partial charge >= 0.3 is 6.16 Å². The highest BCUT2D eigenvalue weighted by molar-refractivity contribution is 6.36. The van der Waals surface area contributed by atoms with Gasteiger partial charge in [-0.15, -0.1) is 0 Å². The second-order valence-corrected chi connectivity index (χ2v) is 10.4. The van der Waals surface area contributed by atoms with Crippen LogP contribution in [0, 0.1) is 12.3 Å². The molecule has 11 nitrogen and oxygen atoms in total. The van der Waals surface area contributed by atoms with E-state index in [1.54, 1.807) is 12.1 Å². The van der Waals surface area contributed by atoms with Gasteiger partial charge in [0.15, 0.2) is 6.23 Å². The highest BCUT2D eigenvalue weighted by Crippen LogP contribution is 2.43. The zero-order valence-electron chi connectivity index (χ0n) is 21.7. The van der Waals surface area contributed by atoms with Crippen LogP contribution in [0.15, 0.2) is 44.3 Å². The van der Waals surface area contributed by atoms with Gasteiger partial charge in [0.05, 0.1) is 42.6 Å². The fourth-order valence-electron chi connectivity index (χ4n) is 4.91. The van der Waals surface area contributed by atoms with Crippen molar-refractivity contribution in [3.63, 3.8) is 0 Å². The first-order chi connectivity index (χ1) is 18.6. The maximum atomic E-state index is 13.3. The number of aryl methyl sites for hydroxylation is 1. The van der Waals surface area contributed by atoms with E-state index in [1.165, 1.54) is 18.1 Å². The number of methoxy groups -OCH3 is 1. The largest absolute Gasteiger partial charge is 0.509 e. The number of carbonyl (C=O) groups is 2. The Morgan fingerprint density at radius 1 is 1.15 bits per heavy atom. The number of nitrogens with zero attached hydrogens (tertiary/aromatic N) is 1. The molecule has 1 amide bonds. The van der Waals surface area contributed by atoms with Crippen LogP contribution in [0.1, 0.15) is 47.7 Å². The van der Waals surface area contributed by atoms with Gasteiger partial charge in [0.1, 0.15) is 22.9 Å². The van der Waals surface area contributed by atoms with Crippen molar-refractivity contribution in [2.75, 3.05) is 37.5 Å². The number of likely N-dealkylation sites (tertiary alicyclic amines) is 1. The lowest BCUT2D eigenvalue weighted by atomic mass is 9.79. The molecule has 2 aromatic carbocycles. The Balaban J connectivity index is 1.40. The number of anilines is 3. The highest BCUT2D eigenvalue weighted by atomic mass is 35.5. The minimum Gasteiger partial charge on any atom is -0.464 e. The maximum Gasteiger partial charge on any atom is 0.509 e. The van der Waals surface area contributed by atoms with Crippen LogP contribution in [-0.4, -0.2) is 50.1 Å². The predicted octanol–water partition coefficient (Wildman–Crippen LogP) is 4.12. The number of nitrogens with one attached hydrogen (secondary N) is 2. The standard InChI is InChI=1S/C27H28ClN3O8/c1-14-9-10-17(38-14)24(27(2)12-37-13-27)30-21-20(22(32)23(21)33)29-16-7-4-6-15(19(16)28)25(34)31-11-5-8-18(31)39-26(35)36-3/h4,6-7,9-10,18,24,29-30H,5,8,11-13H2,1-3H3/t18-,24?/m0/s1. The van der Waals surface area contributed by atoms with E-state index < -0.39 is 35.2 Å². The summed E-state index contributed by atoms with van der Waals surface area (Å²) in [5.41, 5.74) is -1.17. The zero-order chi connectivity index (χ0) is 27.9. The average molecular weight is 558 g/mol. The maximum absolute atomic E-state index is 13.3. The molecule has 1 aromatic heterocycles. The molecule has 0 spiro atoms. The van der Waals surface area contributed by atoms with E-state index in [2.05, 4.69) is 15.4 Å². The molecule has 39 heavy (non-hydrogen) atoms. The average Bonchev–Trinajstić information content (AvgIpc) is 3.55. The first-order valence-electron chi connectivity index (χ1n) is 12.5. The molecule has 2 saturated heterocycles. The molecule has 5 rings (SSSR count). The third kappa shape index (κ3) is 4.87. The van der Waals surface area contributed by atoms with Gasteiger partial charge in [0.25, 0.3) is 16.8 Å². The van der Waals surface area contributed by atoms with Gasteiger partial charge in [-0.3, -0.25) is 14.4 Å². The lowest BCUT2D eigenvalue weighted by molar-refractivity contribution is -0.115. The number of benzene rings is 1. The lowest BCUT2D eigenvalue weighted by Crippen LogP contribution is -2.49. The van der Waals surface area contributed by atoms with Gasteiger partial charge in [-0.2, -0.15) is 0 Å². The Bertz CT molecular complexity index is 1490. The molecule has 2 N–H and O–H groups in total. The monoisotopic (exact) mass is 557 g/mol. The van der Waals surface area contributed by atoms with Crippen molar-refractivity contribution in [1.82, 2.24) is 4.90 Å². The number of hydrogen-bond acceptors (Lipinski definition) is 10. The van der Waals surface area contributed by atoms with Crippen molar-refractivity contribution >= 4 is 40.7 Å². The Hall–Kier alpha value is -3.83. The van der Waals surface area contributed by atoms with Crippen molar-refractivity contribution in [1.29, 1.82) is 0 Å². The highest BCUT2D eigenvalue weighted by Gasteiger charge is 2.45. The summed E-state index contributed by atoms with van der Waals surface area (Å²) in [5.74, 6) is 0.899. The summed E-state index contributed by atoms with van der Waals surface area (Å²) in [4.78, 5) is 51.6. The number of ether oxygens (including phenoxy) is 3. The summed E-state index contributed by atoms with van der Waals surface area (Å²) in [7, 11) is 1.19. The Morgan fingerprint density at radius 3 is 2.54 bits per heavy atom. The number of carbonyl (C=O) groups excluding carboxylic acids is 2. The molecule has 0 aliphatic carbocycles.